The van der Waals surface area contributed by atoms with Gasteiger partial charge in [0.15, 0.2) is 5.82 Å². The van der Waals surface area contributed by atoms with E-state index in [1.165, 1.54) is 17.4 Å². The van der Waals surface area contributed by atoms with Crippen LogP contribution in [0.2, 0.25) is 0 Å². The number of anilines is 1. The molecule has 0 amide bonds. The van der Waals surface area contributed by atoms with E-state index in [4.69, 9.17) is 14.2 Å². The monoisotopic (exact) mass is 504 g/mol. The Morgan fingerprint density at radius 3 is 2.56 bits per heavy atom. The molecule has 1 aliphatic rings. The quantitative estimate of drug-likeness (QED) is 0.465. The van der Waals surface area contributed by atoms with Crippen LogP contribution in [0.1, 0.15) is 35.9 Å². The molecule has 2 aromatic heterocycles. The summed E-state index contributed by atoms with van der Waals surface area (Å²) in [4.78, 5) is 47.2. The summed E-state index contributed by atoms with van der Waals surface area (Å²) < 4.78 is 48.1. The van der Waals surface area contributed by atoms with Crippen molar-refractivity contribution in [1.29, 1.82) is 0 Å². The Labute approximate surface area is 204 Å². The van der Waals surface area contributed by atoms with Crippen molar-refractivity contribution in [3.05, 3.63) is 57.9 Å². The van der Waals surface area contributed by atoms with Gasteiger partial charge < -0.3 is 28.7 Å². The highest BCUT2D eigenvalue weighted by Crippen LogP contribution is 2.33. The molecule has 0 radical (unpaired) electrons. The van der Waals surface area contributed by atoms with Crippen molar-refractivity contribution in [2.24, 2.45) is 0 Å². The summed E-state index contributed by atoms with van der Waals surface area (Å²) in [6, 6.07) is -0.317. The van der Waals surface area contributed by atoms with Crippen LogP contribution < -0.4 is 10.3 Å². The fraction of sp³-hybridized carbons (Fsp3) is 0.417. The predicted molar refractivity (Wildman–Crippen MR) is 125 cm³/mol. The first-order chi connectivity index (χ1) is 17.4. The second-order valence-electron chi connectivity index (χ2n) is 8.07. The number of hydrogen-bond acceptors (Lipinski definition) is 8. The molecule has 0 bridgehead atoms. The van der Waals surface area contributed by atoms with Gasteiger partial charge in [-0.1, -0.05) is 0 Å². The molecule has 1 aromatic carbocycles. The maximum absolute atomic E-state index is 16.2. The van der Waals surface area contributed by atoms with Crippen LogP contribution in [0.3, 0.4) is 0 Å². The van der Waals surface area contributed by atoms with Crippen LogP contribution in [0.5, 0.6) is 0 Å². The molecule has 1 aliphatic heterocycles. The lowest BCUT2D eigenvalue weighted by molar-refractivity contribution is -0.147. The number of fused-ring (bicyclic) bond motifs is 1. The Kier molecular flexibility index (Phi) is 7.63. The first-order valence-corrected chi connectivity index (χ1v) is 11.6. The van der Waals surface area contributed by atoms with Gasteiger partial charge in [-0.2, -0.15) is 0 Å². The summed E-state index contributed by atoms with van der Waals surface area (Å²) in [7, 11) is 0. The molecular weight excluding hydrogens is 478 g/mol. The Balaban J connectivity index is 2.02. The predicted octanol–water partition coefficient (Wildman–Crippen LogP) is 2.36. The summed E-state index contributed by atoms with van der Waals surface area (Å²) in [5.41, 5.74) is -1.51. The molecule has 0 saturated carbocycles. The molecule has 1 fully saturated rings. The van der Waals surface area contributed by atoms with Gasteiger partial charge in [0.25, 0.3) is 0 Å². The summed E-state index contributed by atoms with van der Waals surface area (Å²) >= 11 is 0. The molecule has 3 aromatic rings. The first kappa shape index (κ1) is 25.3. The summed E-state index contributed by atoms with van der Waals surface area (Å²) in [5, 5.41) is -0.397. The molecule has 10 nitrogen and oxygen atoms in total. The molecule has 1 saturated heterocycles. The molecule has 36 heavy (non-hydrogen) atoms. The summed E-state index contributed by atoms with van der Waals surface area (Å²) in [6.45, 7) is 4.21. The van der Waals surface area contributed by atoms with Crippen molar-refractivity contribution < 1.29 is 32.6 Å². The topological polar surface area (TPSA) is 116 Å². The fourth-order valence-corrected chi connectivity index (χ4v) is 4.25. The lowest BCUT2D eigenvalue weighted by atomic mass is 10.1. The standard InChI is InChI=1S/C24H26F2N4O6/c1-3-35-23(32)16-12-30(18(24(33)36-4-2)9-14-11-27-13-28-14)20-15(22(16)31)10-17(25)21(19(20)26)29-5-7-34-8-6-29/h10-13,18H,3-9H2,1-2H3,(H,27,28). The van der Waals surface area contributed by atoms with Gasteiger partial charge in [-0.3, -0.25) is 4.79 Å². The van der Waals surface area contributed by atoms with Crippen LogP contribution in [0.25, 0.3) is 10.9 Å². The fourth-order valence-electron chi connectivity index (χ4n) is 4.25. The largest absolute Gasteiger partial charge is 0.464 e. The number of nitrogens with zero attached hydrogens (tertiary/aromatic N) is 3. The minimum Gasteiger partial charge on any atom is -0.464 e. The number of H-pyrrole nitrogens is 1. The minimum absolute atomic E-state index is 0.0234. The van der Waals surface area contributed by atoms with Gasteiger partial charge in [0.05, 0.1) is 43.7 Å². The number of nitrogens with one attached hydrogen (secondary N) is 1. The zero-order chi connectivity index (χ0) is 25.8. The minimum atomic E-state index is -1.21. The van der Waals surface area contributed by atoms with Crippen molar-refractivity contribution in [2.45, 2.75) is 26.3 Å². The van der Waals surface area contributed by atoms with Gasteiger partial charge in [-0.15, -0.1) is 0 Å². The van der Waals surface area contributed by atoms with Crippen molar-refractivity contribution in [3.8, 4) is 0 Å². The van der Waals surface area contributed by atoms with Crippen LogP contribution in [0.15, 0.2) is 29.6 Å². The zero-order valence-electron chi connectivity index (χ0n) is 19.9. The maximum Gasteiger partial charge on any atom is 0.343 e. The number of carbonyl (C=O) groups excluding carboxylic acids is 2. The Bertz CT molecular complexity index is 1320. The number of rotatable bonds is 8. The van der Waals surface area contributed by atoms with Gasteiger partial charge in [0, 0.05) is 37.6 Å². The molecule has 1 N–H and O–H groups in total. The number of benzene rings is 1. The lowest BCUT2D eigenvalue weighted by Crippen LogP contribution is -2.38. The Morgan fingerprint density at radius 2 is 1.92 bits per heavy atom. The number of hydrogen-bond donors (Lipinski definition) is 1. The van der Waals surface area contributed by atoms with Gasteiger partial charge in [-0.25, -0.2) is 23.4 Å². The number of ether oxygens (including phenoxy) is 3. The first-order valence-electron chi connectivity index (χ1n) is 11.6. The van der Waals surface area contributed by atoms with E-state index in [9.17, 15) is 14.4 Å². The number of esters is 2. The number of imidazole rings is 1. The Hall–Kier alpha value is -3.80. The average molecular weight is 504 g/mol. The maximum atomic E-state index is 16.2. The lowest BCUT2D eigenvalue weighted by Gasteiger charge is -2.30. The highest BCUT2D eigenvalue weighted by molar-refractivity contribution is 5.95. The van der Waals surface area contributed by atoms with Gasteiger partial charge >= 0.3 is 11.9 Å². The van der Waals surface area contributed by atoms with E-state index in [0.29, 0.717) is 5.69 Å². The molecule has 4 rings (SSSR count). The molecule has 12 heteroatoms. The van der Waals surface area contributed by atoms with Crippen LogP contribution in [0.4, 0.5) is 14.5 Å². The highest BCUT2D eigenvalue weighted by Gasteiger charge is 2.31. The van der Waals surface area contributed by atoms with E-state index >= 15 is 8.78 Å². The van der Waals surface area contributed by atoms with Crippen LogP contribution in [-0.2, 0) is 25.4 Å². The van der Waals surface area contributed by atoms with E-state index in [1.807, 2.05) is 0 Å². The molecule has 0 aliphatic carbocycles. The van der Waals surface area contributed by atoms with Gasteiger partial charge in [-0.05, 0) is 19.9 Å². The molecule has 1 atom stereocenters. The molecular formula is C24H26F2N4O6. The van der Waals surface area contributed by atoms with Crippen LogP contribution >= 0.6 is 0 Å². The molecule has 192 valence electrons. The molecule has 3 heterocycles. The van der Waals surface area contributed by atoms with Crippen molar-refractivity contribution >= 4 is 28.5 Å². The normalized spacial score (nSPS) is 14.6. The zero-order valence-corrected chi connectivity index (χ0v) is 19.9. The number of halogens is 2. The Morgan fingerprint density at radius 1 is 1.19 bits per heavy atom. The number of pyridine rings is 1. The molecule has 1 unspecified atom stereocenters. The van der Waals surface area contributed by atoms with E-state index in [0.717, 1.165) is 16.8 Å². The van der Waals surface area contributed by atoms with Crippen molar-refractivity contribution in [1.82, 2.24) is 14.5 Å². The summed E-state index contributed by atoms with van der Waals surface area (Å²) in [6.07, 6.45) is 3.95. The average Bonchev–Trinajstić information content (AvgIpc) is 3.37. The van der Waals surface area contributed by atoms with Crippen LogP contribution in [0, 0.1) is 11.6 Å². The molecule has 0 spiro atoms. The van der Waals surface area contributed by atoms with E-state index in [1.54, 1.807) is 13.8 Å². The highest BCUT2D eigenvalue weighted by atomic mass is 19.1. The third-order valence-electron chi connectivity index (χ3n) is 5.87. The third-order valence-corrected chi connectivity index (χ3v) is 5.87. The van der Waals surface area contributed by atoms with Gasteiger partial charge in [0.2, 0.25) is 5.43 Å². The SMILES string of the molecule is CCOC(=O)c1cn(C(Cc2cnc[nH]2)C(=O)OCC)c2c(F)c(N3CCOCC3)c(F)cc2c1=O. The third kappa shape index (κ3) is 4.81. The van der Waals surface area contributed by atoms with Gasteiger partial charge in [0.1, 0.15) is 23.1 Å². The number of aromatic amines is 1. The second kappa shape index (κ2) is 10.9. The van der Waals surface area contributed by atoms with E-state index in [-0.39, 0.29) is 57.1 Å². The summed E-state index contributed by atoms with van der Waals surface area (Å²) in [5.74, 6) is -3.70. The number of carbonyl (C=O) groups is 2. The number of morpholine rings is 1. The van der Waals surface area contributed by atoms with E-state index < -0.39 is 46.0 Å². The number of aromatic nitrogens is 3. The second-order valence-corrected chi connectivity index (χ2v) is 8.07. The van der Waals surface area contributed by atoms with Crippen molar-refractivity contribution in [2.75, 3.05) is 44.4 Å². The smallest absolute Gasteiger partial charge is 0.343 e. The van der Waals surface area contributed by atoms with Crippen molar-refractivity contribution in [3.63, 3.8) is 0 Å². The van der Waals surface area contributed by atoms with Crippen LogP contribution in [-0.4, -0.2) is 66.0 Å². The van der Waals surface area contributed by atoms with E-state index in [2.05, 4.69) is 9.97 Å².